The van der Waals surface area contributed by atoms with Crippen LogP contribution in [0.25, 0.3) is 10.9 Å². The Morgan fingerprint density at radius 2 is 1.92 bits per heavy atom. The van der Waals surface area contributed by atoms with Gasteiger partial charge in [-0.25, -0.2) is 0 Å². The van der Waals surface area contributed by atoms with Crippen molar-refractivity contribution in [1.29, 1.82) is 0 Å². The van der Waals surface area contributed by atoms with Crippen LogP contribution in [0.5, 0.6) is 5.75 Å². The number of hydrogen-bond acceptors (Lipinski definition) is 4. The van der Waals surface area contributed by atoms with Crippen molar-refractivity contribution in [1.82, 2.24) is 9.55 Å². The lowest BCUT2D eigenvalue weighted by molar-refractivity contribution is -0.135. The van der Waals surface area contributed by atoms with Crippen LogP contribution in [0.2, 0.25) is 0 Å². The van der Waals surface area contributed by atoms with Gasteiger partial charge in [0.25, 0.3) is 11.1 Å². The summed E-state index contributed by atoms with van der Waals surface area (Å²) in [5.41, 5.74) is 1.61. The molecule has 0 saturated carbocycles. The van der Waals surface area contributed by atoms with Crippen LogP contribution in [0.3, 0.4) is 0 Å². The molecule has 1 aliphatic rings. The Labute approximate surface area is 142 Å². The van der Waals surface area contributed by atoms with Gasteiger partial charge in [0.2, 0.25) is 0 Å². The topological polar surface area (TPSA) is 81.2 Å². The Morgan fingerprint density at radius 3 is 2.72 bits per heavy atom. The first kappa shape index (κ1) is 15.4. The number of aromatic amines is 1. The van der Waals surface area contributed by atoms with E-state index >= 15 is 0 Å². The van der Waals surface area contributed by atoms with Crippen molar-refractivity contribution in [3.8, 4) is 5.75 Å². The van der Waals surface area contributed by atoms with E-state index in [1.807, 2.05) is 24.3 Å². The molecule has 0 spiro atoms. The Hall–Kier alpha value is -3.15. The predicted octanol–water partition coefficient (Wildman–Crippen LogP) is 1.98. The van der Waals surface area contributed by atoms with Crippen molar-refractivity contribution in [3.05, 3.63) is 73.9 Å². The van der Waals surface area contributed by atoms with Crippen LogP contribution in [-0.4, -0.2) is 15.5 Å². The molecule has 1 atom stereocenters. The molecule has 6 heteroatoms. The second kappa shape index (κ2) is 5.44. The minimum Gasteiger partial charge on any atom is -0.426 e. The van der Waals surface area contributed by atoms with Crippen LogP contribution >= 0.6 is 0 Å². The van der Waals surface area contributed by atoms with E-state index in [2.05, 4.69) is 4.98 Å². The molecular weight excluding hydrogens is 320 g/mol. The van der Waals surface area contributed by atoms with Gasteiger partial charge in [-0.15, -0.1) is 0 Å². The first-order valence-electron chi connectivity index (χ1n) is 7.99. The summed E-state index contributed by atoms with van der Waals surface area (Å²) in [5, 5.41) is 0.849. The lowest BCUT2D eigenvalue weighted by Gasteiger charge is -2.25. The van der Waals surface area contributed by atoms with Gasteiger partial charge in [0.15, 0.2) is 0 Å². The number of aryl methyl sites for hydroxylation is 1. The third kappa shape index (κ3) is 2.38. The SMILES string of the molecule is Cc1cc2c(c(=O)n1C)C(c1cc3ccccc3[nH]c1=O)CC(=O)O2. The van der Waals surface area contributed by atoms with Crippen LogP contribution in [0.4, 0.5) is 0 Å². The highest BCUT2D eigenvalue weighted by Gasteiger charge is 2.33. The molecule has 1 unspecified atom stereocenters. The van der Waals surface area contributed by atoms with E-state index in [1.165, 1.54) is 4.57 Å². The van der Waals surface area contributed by atoms with E-state index in [9.17, 15) is 14.4 Å². The van der Waals surface area contributed by atoms with Gasteiger partial charge >= 0.3 is 5.97 Å². The molecule has 2 aromatic heterocycles. The molecule has 0 saturated heterocycles. The smallest absolute Gasteiger partial charge is 0.312 e. The summed E-state index contributed by atoms with van der Waals surface area (Å²) in [5.74, 6) is -0.823. The summed E-state index contributed by atoms with van der Waals surface area (Å²) >= 11 is 0. The van der Waals surface area contributed by atoms with Crippen LogP contribution in [0, 0.1) is 6.92 Å². The van der Waals surface area contributed by atoms with Crippen LogP contribution < -0.4 is 15.9 Å². The molecule has 3 heterocycles. The Kier molecular flexibility index (Phi) is 3.35. The first-order valence-corrected chi connectivity index (χ1v) is 7.99. The van der Waals surface area contributed by atoms with Crippen molar-refractivity contribution in [2.45, 2.75) is 19.3 Å². The summed E-state index contributed by atoms with van der Waals surface area (Å²) in [7, 11) is 1.66. The second-order valence-corrected chi connectivity index (χ2v) is 6.30. The molecule has 0 aliphatic carbocycles. The maximum absolute atomic E-state index is 12.8. The highest BCUT2D eigenvalue weighted by Crippen LogP contribution is 2.36. The third-order valence-corrected chi connectivity index (χ3v) is 4.77. The van der Waals surface area contributed by atoms with E-state index < -0.39 is 11.9 Å². The van der Waals surface area contributed by atoms with E-state index in [0.29, 0.717) is 22.3 Å². The maximum atomic E-state index is 12.8. The Bertz CT molecular complexity index is 1140. The molecule has 3 aromatic rings. The van der Waals surface area contributed by atoms with E-state index in [-0.39, 0.29) is 23.3 Å². The highest BCUT2D eigenvalue weighted by molar-refractivity contribution is 5.81. The zero-order chi connectivity index (χ0) is 17.7. The highest BCUT2D eigenvalue weighted by atomic mass is 16.5. The molecular formula is C19H16N2O4. The normalized spacial score (nSPS) is 16.6. The van der Waals surface area contributed by atoms with E-state index in [1.54, 1.807) is 26.1 Å². The summed E-state index contributed by atoms with van der Waals surface area (Å²) in [6, 6.07) is 10.8. The van der Waals surface area contributed by atoms with Crippen LogP contribution in [0.1, 0.15) is 29.2 Å². The molecule has 0 amide bonds. The zero-order valence-corrected chi connectivity index (χ0v) is 13.8. The number of carbonyl (C=O) groups excluding carboxylic acids is 1. The van der Waals surface area contributed by atoms with Crippen molar-refractivity contribution >= 4 is 16.9 Å². The number of pyridine rings is 2. The largest absolute Gasteiger partial charge is 0.426 e. The molecule has 25 heavy (non-hydrogen) atoms. The number of aromatic nitrogens is 2. The molecule has 126 valence electrons. The average molecular weight is 336 g/mol. The molecule has 6 nitrogen and oxygen atoms in total. The number of ether oxygens (including phenoxy) is 1. The number of hydrogen-bond donors (Lipinski definition) is 1. The number of nitrogens with zero attached hydrogens (tertiary/aromatic N) is 1. The molecule has 0 bridgehead atoms. The molecule has 1 aromatic carbocycles. The lowest BCUT2D eigenvalue weighted by Crippen LogP contribution is -2.34. The Morgan fingerprint density at radius 1 is 1.16 bits per heavy atom. The molecule has 4 rings (SSSR count). The summed E-state index contributed by atoms with van der Waals surface area (Å²) in [6.07, 6.45) is -0.0350. The minimum absolute atomic E-state index is 0.0350. The van der Waals surface area contributed by atoms with Gasteiger partial charge in [-0.3, -0.25) is 14.4 Å². The average Bonchev–Trinajstić information content (AvgIpc) is 2.58. The zero-order valence-electron chi connectivity index (χ0n) is 13.8. The number of carbonyl (C=O) groups is 1. The molecule has 0 fully saturated rings. The first-order chi connectivity index (χ1) is 12.0. The van der Waals surface area contributed by atoms with Crippen molar-refractivity contribution in [2.75, 3.05) is 0 Å². The van der Waals surface area contributed by atoms with Gasteiger partial charge in [-0.2, -0.15) is 0 Å². The van der Waals surface area contributed by atoms with Gasteiger partial charge in [0.05, 0.1) is 12.0 Å². The van der Waals surface area contributed by atoms with E-state index in [4.69, 9.17) is 4.74 Å². The van der Waals surface area contributed by atoms with Gasteiger partial charge < -0.3 is 14.3 Å². The van der Waals surface area contributed by atoms with Gasteiger partial charge in [0, 0.05) is 35.8 Å². The summed E-state index contributed by atoms with van der Waals surface area (Å²) in [6.45, 7) is 1.77. The monoisotopic (exact) mass is 336 g/mol. The van der Waals surface area contributed by atoms with Crippen LogP contribution in [0.15, 0.2) is 46.0 Å². The number of nitrogens with one attached hydrogen (secondary N) is 1. The number of benzene rings is 1. The number of rotatable bonds is 1. The summed E-state index contributed by atoms with van der Waals surface area (Å²) in [4.78, 5) is 40.2. The fourth-order valence-electron chi connectivity index (χ4n) is 3.34. The number of fused-ring (bicyclic) bond motifs is 2. The standard InChI is InChI=1S/C19H16N2O4/c1-10-7-15-17(19(24)21(10)2)12(9-16(22)25-15)13-8-11-5-3-4-6-14(11)20-18(13)23/h3-8,12H,9H2,1-2H3,(H,20,23). The third-order valence-electron chi connectivity index (χ3n) is 4.77. The summed E-state index contributed by atoms with van der Waals surface area (Å²) < 4.78 is 6.76. The molecule has 0 radical (unpaired) electrons. The number of H-pyrrole nitrogens is 1. The molecule has 1 N–H and O–H groups in total. The van der Waals surface area contributed by atoms with Crippen LogP contribution in [-0.2, 0) is 11.8 Å². The lowest BCUT2D eigenvalue weighted by atomic mass is 9.87. The molecule has 1 aliphatic heterocycles. The van der Waals surface area contributed by atoms with E-state index in [0.717, 1.165) is 5.39 Å². The number of esters is 1. The van der Waals surface area contributed by atoms with Crippen molar-refractivity contribution in [3.63, 3.8) is 0 Å². The van der Waals surface area contributed by atoms with Gasteiger partial charge in [0.1, 0.15) is 5.75 Å². The fraction of sp³-hybridized carbons (Fsp3) is 0.211. The quantitative estimate of drug-likeness (QED) is 0.689. The van der Waals surface area contributed by atoms with Gasteiger partial charge in [-0.05, 0) is 24.4 Å². The van der Waals surface area contributed by atoms with Crippen molar-refractivity contribution < 1.29 is 9.53 Å². The fourth-order valence-corrected chi connectivity index (χ4v) is 3.34. The minimum atomic E-state index is -0.621. The Balaban J connectivity index is 2.01. The second-order valence-electron chi connectivity index (χ2n) is 6.30. The van der Waals surface area contributed by atoms with Crippen molar-refractivity contribution in [2.24, 2.45) is 7.05 Å². The number of para-hydroxylation sites is 1. The maximum Gasteiger partial charge on any atom is 0.312 e. The van der Waals surface area contributed by atoms with Gasteiger partial charge in [-0.1, -0.05) is 18.2 Å². The predicted molar refractivity (Wildman–Crippen MR) is 93.1 cm³/mol.